The molecule has 0 atom stereocenters. The number of amides is 1. The zero-order valence-corrected chi connectivity index (χ0v) is 11.2. The highest BCUT2D eigenvalue weighted by Crippen LogP contribution is 2.22. The van der Waals surface area contributed by atoms with Gasteiger partial charge in [0.1, 0.15) is 0 Å². The van der Waals surface area contributed by atoms with Crippen LogP contribution in [-0.2, 0) is 17.9 Å². The van der Waals surface area contributed by atoms with Crippen molar-refractivity contribution in [2.24, 2.45) is 0 Å². The van der Waals surface area contributed by atoms with E-state index in [1.807, 2.05) is 35.1 Å². The van der Waals surface area contributed by atoms with Gasteiger partial charge in [-0.25, -0.2) is 0 Å². The number of terminal acetylenes is 1. The van der Waals surface area contributed by atoms with E-state index in [1.54, 1.807) is 6.08 Å². The molecule has 0 radical (unpaired) electrons. The summed E-state index contributed by atoms with van der Waals surface area (Å²) in [5.74, 6) is 2.63. The maximum absolute atomic E-state index is 12.0. The maximum Gasteiger partial charge on any atom is 0.246 e. The van der Waals surface area contributed by atoms with Crippen molar-refractivity contribution in [1.29, 1.82) is 0 Å². The molecule has 0 bridgehead atoms. The lowest BCUT2D eigenvalue weighted by Crippen LogP contribution is -2.24. The molecule has 1 amide bonds. The molecule has 19 heavy (non-hydrogen) atoms. The van der Waals surface area contributed by atoms with Crippen molar-refractivity contribution in [3.63, 3.8) is 0 Å². The molecule has 0 spiro atoms. The highest BCUT2D eigenvalue weighted by molar-refractivity contribution is 5.88. The third-order valence-electron chi connectivity index (χ3n) is 3.19. The van der Waals surface area contributed by atoms with Crippen LogP contribution in [0.25, 0.3) is 0 Å². The predicted octanol–water partition coefficient (Wildman–Crippen LogP) is 1.65. The minimum Gasteiger partial charge on any atom is -0.330 e. The van der Waals surface area contributed by atoms with Gasteiger partial charge in [-0.3, -0.25) is 9.69 Å². The Morgan fingerprint density at radius 1 is 1.42 bits per heavy atom. The van der Waals surface area contributed by atoms with Gasteiger partial charge in [-0.15, -0.1) is 6.42 Å². The predicted molar refractivity (Wildman–Crippen MR) is 76.2 cm³/mol. The van der Waals surface area contributed by atoms with Crippen molar-refractivity contribution in [2.75, 3.05) is 20.1 Å². The first-order chi connectivity index (χ1) is 9.20. The smallest absolute Gasteiger partial charge is 0.246 e. The Balaban J connectivity index is 1.86. The Hall–Kier alpha value is -2.05. The molecule has 2 rings (SSSR count). The second kappa shape index (κ2) is 6.21. The molecule has 98 valence electrons. The van der Waals surface area contributed by atoms with E-state index in [-0.39, 0.29) is 5.91 Å². The van der Waals surface area contributed by atoms with Crippen LogP contribution in [0.3, 0.4) is 0 Å². The van der Waals surface area contributed by atoms with Crippen LogP contribution in [0.2, 0.25) is 0 Å². The van der Waals surface area contributed by atoms with Crippen LogP contribution >= 0.6 is 0 Å². The van der Waals surface area contributed by atoms with Crippen molar-refractivity contribution >= 4 is 5.91 Å². The first-order valence-electron chi connectivity index (χ1n) is 6.35. The summed E-state index contributed by atoms with van der Waals surface area (Å²) in [6, 6.07) is 8.18. The Bertz CT molecular complexity index is 503. The summed E-state index contributed by atoms with van der Waals surface area (Å²) in [7, 11) is 1.93. The van der Waals surface area contributed by atoms with Gasteiger partial charge >= 0.3 is 0 Å². The first kappa shape index (κ1) is 13.4. The molecule has 1 aromatic rings. The van der Waals surface area contributed by atoms with E-state index in [0.29, 0.717) is 26.2 Å². The van der Waals surface area contributed by atoms with Gasteiger partial charge in [0, 0.05) is 25.7 Å². The molecule has 0 aliphatic carbocycles. The van der Waals surface area contributed by atoms with Gasteiger partial charge in [0.25, 0.3) is 0 Å². The van der Waals surface area contributed by atoms with Gasteiger partial charge in [-0.1, -0.05) is 36.3 Å². The zero-order valence-electron chi connectivity index (χ0n) is 11.2. The lowest BCUT2D eigenvalue weighted by atomic mass is 10.1. The van der Waals surface area contributed by atoms with Crippen molar-refractivity contribution < 1.29 is 4.79 Å². The fraction of sp³-hybridized carbons (Fsp3) is 0.312. The minimum absolute atomic E-state index is 0.0605. The van der Waals surface area contributed by atoms with Gasteiger partial charge in [-0.2, -0.15) is 0 Å². The molecule has 3 nitrogen and oxygen atoms in total. The van der Waals surface area contributed by atoms with Crippen molar-refractivity contribution in [1.82, 2.24) is 9.80 Å². The van der Waals surface area contributed by atoms with Gasteiger partial charge in [0.15, 0.2) is 0 Å². The number of rotatable bonds is 4. The van der Waals surface area contributed by atoms with Crippen LogP contribution in [0, 0.1) is 12.3 Å². The molecule has 1 aliphatic heterocycles. The van der Waals surface area contributed by atoms with Gasteiger partial charge in [-0.05, 0) is 18.2 Å². The van der Waals surface area contributed by atoms with Gasteiger partial charge < -0.3 is 4.90 Å². The SMILES string of the molecule is C#CCN(C)C/C=C/C(=O)N1Cc2ccccc2C1. The lowest BCUT2D eigenvalue weighted by molar-refractivity contribution is -0.126. The van der Waals surface area contributed by atoms with Crippen LogP contribution in [-0.4, -0.2) is 35.8 Å². The molecule has 0 saturated carbocycles. The summed E-state index contributed by atoms with van der Waals surface area (Å²) in [4.78, 5) is 15.9. The van der Waals surface area contributed by atoms with E-state index in [1.165, 1.54) is 11.1 Å². The normalized spacial score (nSPS) is 13.8. The topological polar surface area (TPSA) is 23.6 Å². The van der Waals surface area contributed by atoms with E-state index in [9.17, 15) is 4.79 Å². The quantitative estimate of drug-likeness (QED) is 0.602. The summed E-state index contributed by atoms with van der Waals surface area (Å²) >= 11 is 0. The molecule has 1 heterocycles. The molecular weight excluding hydrogens is 236 g/mol. The second-order valence-electron chi connectivity index (χ2n) is 4.77. The second-order valence-corrected chi connectivity index (χ2v) is 4.77. The molecular formula is C16H18N2O. The molecule has 1 aliphatic rings. The summed E-state index contributed by atoms with van der Waals surface area (Å²) in [6.45, 7) is 2.70. The Morgan fingerprint density at radius 2 is 2.05 bits per heavy atom. The molecule has 0 saturated heterocycles. The third-order valence-corrected chi connectivity index (χ3v) is 3.19. The van der Waals surface area contributed by atoms with Crippen LogP contribution in [0.5, 0.6) is 0 Å². The number of hydrogen-bond acceptors (Lipinski definition) is 2. The summed E-state index contributed by atoms with van der Waals surface area (Å²) in [6.07, 6.45) is 8.72. The highest BCUT2D eigenvalue weighted by atomic mass is 16.2. The number of nitrogens with zero attached hydrogens (tertiary/aromatic N) is 2. The van der Waals surface area contributed by atoms with E-state index < -0.39 is 0 Å². The number of likely N-dealkylation sites (N-methyl/N-ethyl adjacent to an activating group) is 1. The van der Waals surface area contributed by atoms with E-state index in [4.69, 9.17) is 6.42 Å². The van der Waals surface area contributed by atoms with Gasteiger partial charge in [0.05, 0.1) is 6.54 Å². The highest BCUT2D eigenvalue weighted by Gasteiger charge is 2.20. The molecule has 0 N–H and O–H groups in total. The molecule has 3 heteroatoms. The number of carbonyl (C=O) groups excluding carboxylic acids is 1. The molecule has 0 unspecified atom stereocenters. The van der Waals surface area contributed by atoms with E-state index in [0.717, 1.165) is 0 Å². The summed E-state index contributed by atoms with van der Waals surface area (Å²) in [5.41, 5.74) is 2.49. The Labute approximate surface area is 114 Å². The molecule has 1 aromatic carbocycles. The molecule has 0 fully saturated rings. The van der Waals surface area contributed by atoms with Crippen molar-refractivity contribution in [3.8, 4) is 12.3 Å². The van der Waals surface area contributed by atoms with E-state index >= 15 is 0 Å². The van der Waals surface area contributed by atoms with Crippen molar-refractivity contribution in [3.05, 3.63) is 47.5 Å². The number of fused-ring (bicyclic) bond motifs is 1. The summed E-state index contributed by atoms with van der Waals surface area (Å²) < 4.78 is 0. The van der Waals surface area contributed by atoms with Crippen LogP contribution in [0.15, 0.2) is 36.4 Å². The minimum atomic E-state index is 0.0605. The number of hydrogen-bond donors (Lipinski definition) is 0. The fourth-order valence-electron chi connectivity index (χ4n) is 2.15. The average molecular weight is 254 g/mol. The Morgan fingerprint density at radius 3 is 2.63 bits per heavy atom. The third kappa shape index (κ3) is 3.46. The Kier molecular flexibility index (Phi) is 4.38. The van der Waals surface area contributed by atoms with E-state index in [2.05, 4.69) is 18.1 Å². The molecule has 0 aromatic heterocycles. The first-order valence-corrected chi connectivity index (χ1v) is 6.35. The maximum atomic E-state index is 12.0. The van der Waals surface area contributed by atoms with Gasteiger partial charge in [0.2, 0.25) is 5.91 Å². The lowest BCUT2D eigenvalue weighted by Gasteiger charge is -2.13. The number of benzene rings is 1. The van der Waals surface area contributed by atoms with Crippen molar-refractivity contribution in [2.45, 2.75) is 13.1 Å². The monoisotopic (exact) mass is 254 g/mol. The van der Waals surface area contributed by atoms with Crippen LogP contribution < -0.4 is 0 Å². The van der Waals surface area contributed by atoms with Crippen LogP contribution in [0.4, 0.5) is 0 Å². The fourth-order valence-corrected chi connectivity index (χ4v) is 2.15. The van der Waals surface area contributed by atoms with Crippen LogP contribution in [0.1, 0.15) is 11.1 Å². The zero-order chi connectivity index (χ0) is 13.7. The largest absolute Gasteiger partial charge is 0.330 e. The average Bonchev–Trinajstić information content (AvgIpc) is 2.82. The standard InChI is InChI=1S/C16H18N2O/c1-3-10-17(2)11-6-9-16(19)18-12-14-7-4-5-8-15(14)13-18/h1,4-9H,10-13H2,2H3/b9-6+. The number of carbonyl (C=O) groups is 1. The summed E-state index contributed by atoms with van der Waals surface area (Å²) in [5, 5.41) is 0.